The molecule has 1 aromatic rings. The molecule has 0 bridgehead atoms. The van der Waals surface area contributed by atoms with Crippen LogP contribution in [0.3, 0.4) is 0 Å². The van der Waals surface area contributed by atoms with E-state index in [0.29, 0.717) is 17.5 Å². The molecule has 1 unspecified atom stereocenters. The Balaban J connectivity index is 2.72. The Morgan fingerprint density at radius 2 is 1.95 bits per heavy atom. The third kappa shape index (κ3) is 2.60. The van der Waals surface area contributed by atoms with E-state index < -0.39 is 17.9 Å². The van der Waals surface area contributed by atoms with Crippen molar-refractivity contribution in [1.29, 1.82) is 0 Å². The van der Waals surface area contributed by atoms with Gasteiger partial charge in [-0.1, -0.05) is 0 Å². The quantitative estimate of drug-likeness (QED) is 0.624. The summed E-state index contributed by atoms with van der Waals surface area (Å²) in [5.41, 5.74) is 0.775. The molecule has 0 radical (unpaired) electrons. The van der Waals surface area contributed by atoms with Gasteiger partial charge in [0, 0.05) is 18.1 Å². The highest BCUT2D eigenvalue weighted by Crippen LogP contribution is 2.37. The fraction of sp³-hybridized carbons (Fsp3) is 0.200. The molecule has 0 aromatic carbocycles. The normalized spacial score (nSPS) is 17.8. The van der Waals surface area contributed by atoms with Gasteiger partial charge in [-0.15, -0.1) is 0 Å². The van der Waals surface area contributed by atoms with E-state index in [2.05, 4.69) is 10.3 Å². The summed E-state index contributed by atoms with van der Waals surface area (Å²) in [7, 11) is 1.17. The second-order valence-electron chi connectivity index (χ2n) is 4.62. The summed E-state index contributed by atoms with van der Waals surface area (Å²) in [6, 6.07) is 3.19. The molecule has 2 N–H and O–H groups in total. The predicted molar refractivity (Wildman–Crippen MR) is 75.6 cm³/mol. The molecular formula is C15H14N2O5. The van der Waals surface area contributed by atoms with Gasteiger partial charge < -0.3 is 15.2 Å². The number of dihydropyridines is 1. The number of nitrogens with zero attached hydrogens (tertiary/aromatic N) is 1. The average Bonchev–Trinajstić information content (AvgIpc) is 2.53. The van der Waals surface area contributed by atoms with E-state index in [9.17, 15) is 19.5 Å². The van der Waals surface area contributed by atoms with Gasteiger partial charge in [0.05, 0.1) is 29.9 Å². The number of aromatic nitrogens is 1. The number of allylic oxidation sites excluding steroid dienone is 2. The number of carbonyl (C=O) groups is 3. The molecule has 1 atom stereocenters. The van der Waals surface area contributed by atoms with Crippen LogP contribution in [0.4, 0.5) is 0 Å². The number of hydrogen-bond acceptors (Lipinski definition) is 6. The van der Waals surface area contributed by atoms with Crippen molar-refractivity contribution in [3.63, 3.8) is 0 Å². The first-order valence-electron chi connectivity index (χ1n) is 6.40. The number of aliphatic carboxylic acids is 1. The van der Waals surface area contributed by atoms with Gasteiger partial charge in [0.15, 0.2) is 6.29 Å². The Hall–Kier alpha value is -2.96. The number of carboxylic acids is 1. The Labute approximate surface area is 126 Å². The van der Waals surface area contributed by atoms with Gasteiger partial charge in [0.25, 0.3) is 0 Å². The molecule has 22 heavy (non-hydrogen) atoms. The standard InChI is InChI=1S/C15H14N2O5/c1-8-11(14(19)20)12(9-3-5-16-6-4-9)13(15(21)22-2)10(7-18)17-8/h3-7,12,17H,1-2H3,(H,19,20). The number of methoxy groups -OCH3 is 1. The molecule has 1 aromatic heterocycles. The highest BCUT2D eigenvalue weighted by Gasteiger charge is 2.37. The van der Waals surface area contributed by atoms with Crippen LogP contribution in [0.1, 0.15) is 18.4 Å². The molecule has 1 aliphatic heterocycles. The second kappa shape index (κ2) is 6.21. The van der Waals surface area contributed by atoms with Crippen molar-refractivity contribution in [2.24, 2.45) is 0 Å². The van der Waals surface area contributed by atoms with Crippen molar-refractivity contribution in [3.05, 3.63) is 52.6 Å². The highest BCUT2D eigenvalue weighted by atomic mass is 16.5. The SMILES string of the molecule is COC(=O)C1=C(C=O)NC(C)=C(C(=O)O)C1c1ccncc1. The zero-order chi connectivity index (χ0) is 16.3. The summed E-state index contributed by atoms with van der Waals surface area (Å²) in [5, 5.41) is 12.2. The summed E-state index contributed by atoms with van der Waals surface area (Å²) >= 11 is 0. The van der Waals surface area contributed by atoms with Crippen molar-refractivity contribution >= 4 is 18.2 Å². The molecule has 0 amide bonds. The fourth-order valence-electron chi connectivity index (χ4n) is 2.46. The van der Waals surface area contributed by atoms with Crippen molar-refractivity contribution in [2.75, 3.05) is 7.11 Å². The lowest BCUT2D eigenvalue weighted by molar-refractivity contribution is -0.136. The van der Waals surface area contributed by atoms with E-state index in [-0.39, 0.29) is 16.8 Å². The van der Waals surface area contributed by atoms with Crippen LogP contribution >= 0.6 is 0 Å². The number of hydrogen-bond donors (Lipinski definition) is 2. The summed E-state index contributed by atoms with van der Waals surface area (Å²) in [6.07, 6.45) is 3.45. The van der Waals surface area contributed by atoms with Gasteiger partial charge in [-0.3, -0.25) is 9.78 Å². The molecule has 0 saturated heterocycles. The average molecular weight is 302 g/mol. The maximum atomic E-state index is 12.1. The summed E-state index contributed by atoms with van der Waals surface area (Å²) < 4.78 is 4.71. The number of carbonyl (C=O) groups excluding carboxylic acids is 2. The second-order valence-corrected chi connectivity index (χ2v) is 4.62. The number of carboxylic acid groups (broad SMARTS) is 1. The lowest BCUT2D eigenvalue weighted by Crippen LogP contribution is -2.33. The van der Waals surface area contributed by atoms with Crippen LogP contribution in [0.15, 0.2) is 47.1 Å². The molecule has 1 aliphatic rings. The maximum Gasteiger partial charge on any atom is 0.336 e. The fourth-order valence-corrected chi connectivity index (χ4v) is 2.46. The summed E-state index contributed by atoms with van der Waals surface area (Å²) in [5.74, 6) is -2.85. The van der Waals surface area contributed by atoms with Crippen LogP contribution < -0.4 is 5.32 Å². The van der Waals surface area contributed by atoms with Crippen LogP contribution in [0, 0.1) is 0 Å². The van der Waals surface area contributed by atoms with E-state index in [1.165, 1.54) is 26.4 Å². The highest BCUT2D eigenvalue weighted by molar-refractivity contribution is 6.02. The third-order valence-corrected chi connectivity index (χ3v) is 3.39. The molecule has 0 aliphatic carbocycles. The largest absolute Gasteiger partial charge is 0.478 e. The van der Waals surface area contributed by atoms with Crippen LogP contribution in [0.2, 0.25) is 0 Å². The van der Waals surface area contributed by atoms with Gasteiger partial charge in [0.2, 0.25) is 0 Å². The zero-order valence-electron chi connectivity index (χ0n) is 12.0. The smallest absolute Gasteiger partial charge is 0.336 e. The Kier molecular flexibility index (Phi) is 4.36. The molecular weight excluding hydrogens is 288 g/mol. The molecule has 2 heterocycles. The molecule has 7 heteroatoms. The molecule has 7 nitrogen and oxygen atoms in total. The third-order valence-electron chi connectivity index (χ3n) is 3.39. The van der Waals surface area contributed by atoms with Crippen molar-refractivity contribution in [2.45, 2.75) is 12.8 Å². The Bertz CT molecular complexity index is 691. The Morgan fingerprint density at radius 3 is 2.45 bits per heavy atom. The number of aldehydes is 1. The van der Waals surface area contributed by atoms with E-state index in [1.54, 1.807) is 12.1 Å². The topological polar surface area (TPSA) is 106 Å². The minimum absolute atomic E-state index is 0.00355. The number of ether oxygens (including phenoxy) is 1. The molecule has 114 valence electrons. The van der Waals surface area contributed by atoms with Crippen LogP contribution in [0.5, 0.6) is 0 Å². The van der Waals surface area contributed by atoms with Gasteiger partial charge in [-0.2, -0.15) is 0 Å². The number of rotatable bonds is 4. The van der Waals surface area contributed by atoms with Gasteiger partial charge >= 0.3 is 11.9 Å². The monoisotopic (exact) mass is 302 g/mol. The minimum Gasteiger partial charge on any atom is -0.478 e. The van der Waals surface area contributed by atoms with Crippen LogP contribution in [-0.2, 0) is 19.1 Å². The van der Waals surface area contributed by atoms with E-state index >= 15 is 0 Å². The van der Waals surface area contributed by atoms with E-state index in [0.717, 1.165) is 0 Å². The van der Waals surface area contributed by atoms with Crippen molar-refractivity contribution in [1.82, 2.24) is 10.3 Å². The first-order valence-corrected chi connectivity index (χ1v) is 6.40. The lowest BCUT2D eigenvalue weighted by Gasteiger charge is -2.28. The van der Waals surface area contributed by atoms with Crippen LogP contribution in [0.25, 0.3) is 0 Å². The molecule has 2 rings (SSSR count). The van der Waals surface area contributed by atoms with Gasteiger partial charge in [-0.25, -0.2) is 9.59 Å². The molecule has 0 saturated carbocycles. The van der Waals surface area contributed by atoms with Crippen molar-refractivity contribution in [3.8, 4) is 0 Å². The first-order chi connectivity index (χ1) is 10.5. The van der Waals surface area contributed by atoms with E-state index in [4.69, 9.17) is 4.74 Å². The van der Waals surface area contributed by atoms with Gasteiger partial charge in [0.1, 0.15) is 0 Å². The molecule has 0 fully saturated rings. The predicted octanol–water partition coefficient (Wildman–Crippen LogP) is 0.753. The lowest BCUT2D eigenvalue weighted by atomic mass is 9.81. The van der Waals surface area contributed by atoms with Gasteiger partial charge in [-0.05, 0) is 24.6 Å². The Morgan fingerprint density at radius 1 is 1.32 bits per heavy atom. The number of pyridine rings is 1. The van der Waals surface area contributed by atoms with E-state index in [1.807, 2.05) is 0 Å². The summed E-state index contributed by atoms with van der Waals surface area (Å²) in [6.45, 7) is 1.54. The summed E-state index contributed by atoms with van der Waals surface area (Å²) in [4.78, 5) is 38.9. The van der Waals surface area contributed by atoms with Crippen LogP contribution in [-0.4, -0.2) is 35.4 Å². The zero-order valence-corrected chi connectivity index (χ0v) is 12.0. The maximum absolute atomic E-state index is 12.1. The molecule has 0 spiro atoms. The number of esters is 1. The van der Waals surface area contributed by atoms with Crippen molar-refractivity contribution < 1.29 is 24.2 Å². The number of nitrogens with one attached hydrogen (secondary N) is 1. The first kappa shape index (κ1) is 15.4. The minimum atomic E-state index is -1.18.